The van der Waals surface area contributed by atoms with Gasteiger partial charge in [-0.15, -0.1) is 0 Å². The van der Waals surface area contributed by atoms with Crippen molar-refractivity contribution in [3.8, 4) is 11.5 Å². The van der Waals surface area contributed by atoms with Crippen LogP contribution in [-0.2, 0) is 16.1 Å². The first-order valence-corrected chi connectivity index (χ1v) is 8.08. The summed E-state index contributed by atoms with van der Waals surface area (Å²) in [5.74, 6) is -2.02. The third-order valence-electron chi connectivity index (χ3n) is 3.32. The van der Waals surface area contributed by atoms with Crippen molar-refractivity contribution in [3.05, 3.63) is 47.9 Å². The van der Waals surface area contributed by atoms with E-state index in [0.29, 0.717) is 25.4 Å². The number of hydrogen-bond acceptors (Lipinski definition) is 7. The summed E-state index contributed by atoms with van der Waals surface area (Å²) >= 11 is 0. The molecular weight excluding hydrogens is 372 g/mol. The highest BCUT2D eigenvalue weighted by molar-refractivity contribution is 6.27. The molecule has 2 rings (SSSR count). The minimum Gasteiger partial charge on any atom is -0.497 e. The van der Waals surface area contributed by atoms with E-state index in [1.165, 1.54) is 6.26 Å². The number of benzene rings is 1. The Morgan fingerprint density at radius 2 is 1.75 bits per heavy atom. The number of amides is 1. The van der Waals surface area contributed by atoms with E-state index in [2.05, 4.69) is 10.6 Å². The van der Waals surface area contributed by atoms with Gasteiger partial charge in [0.1, 0.15) is 11.5 Å². The fourth-order valence-corrected chi connectivity index (χ4v) is 1.98. The Hall–Kier alpha value is -3.53. The first-order chi connectivity index (χ1) is 13.4. The number of aliphatic carboxylic acids is 2. The van der Waals surface area contributed by atoms with Crippen molar-refractivity contribution in [2.24, 2.45) is 0 Å². The van der Waals surface area contributed by atoms with Crippen LogP contribution in [0.1, 0.15) is 16.1 Å². The van der Waals surface area contributed by atoms with E-state index in [0.717, 1.165) is 17.1 Å². The lowest BCUT2D eigenvalue weighted by molar-refractivity contribution is -0.159. The van der Waals surface area contributed by atoms with Gasteiger partial charge in [-0.3, -0.25) is 4.79 Å². The number of furan rings is 1. The van der Waals surface area contributed by atoms with Crippen molar-refractivity contribution < 1.29 is 38.5 Å². The molecular formula is C18H22N2O8. The molecule has 0 atom stereocenters. The molecule has 10 nitrogen and oxygen atoms in total. The number of carboxylic acid groups (broad SMARTS) is 2. The van der Waals surface area contributed by atoms with Gasteiger partial charge in [-0.1, -0.05) is 6.07 Å². The lowest BCUT2D eigenvalue weighted by Crippen LogP contribution is -2.31. The first-order valence-electron chi connectivity index (χ1n) is 8.08. The molecule has 1 heterocycles. The summed E-state index contributed by atoms with van der Waals surface area (Å²) in [5, 5.41) is 20.8. The van der Waals surface area contributed by atoms with Gasteiger partial charge in [0.25, 0.3) is 5.91 Å². The molecule has 0 saturated carbocycles. The zero-order valence-electron chi connectivity index (χ0n) is 15.4. The maximum atomic E-state index is 11.6. The molecule has 0 spiro atoms. The number of carboxylic acids is 2. The Kier molecular flexibility index (Phi) is 9.62. The van der Waals surface area contributed by atoms with Crippen LogP contribution in [0.2, 0.25) is 0 Å². The molecule has 0 aliphatic carbocycles. The smallest absolute Gasteiger partial charge is 0.414 e. The van der Waals surface area contributed by atoms with Crippen molar-refractivity contribution in [1.82, 2.24) is 10.6 Å². The minimum atomic E-state index is -1.82. The van der Waals surface area contributed by atoms with E-state index in [1.54, 1.807) is 26.4 Å². The summed E-state index contributed by atoms with van der Waals surface area (Å²) in [6.07, 6.45) is 1.48. The van der Waals surface area contributed by atoms with Crippen molar-refractivity contribution in [1.29, 1.82) is 0 Å². The van der Waals surface area contributed by atoms with Gasteiger partial charge >= 0.3 is 11.9 Å². The summed E-state index contributed by atoms with van der Waals surface area (Å²) in [5.41, 5.74) is 1.03. The molecule has 1 aromatic heterocycles. The molecule has 152 valence electrons. The molecule has 0 aliphatic heterocycles. The molecule has 0 fully saturated rings. The fraction of sp³-hybridized carbons (Fsp3) is 0.278. The number of nitrogens with one attached hydrogen (secondary N) is 2. The largest absolute Gasteiger partial charge is 0.497 e. The molecule has 0 bridgehead atoms. The monoisotopic (exact) mass is 394 g/mol. The van der Waals surface area contributed by atoms with Gasteiger partial charge in [0.15, 0.2) is 5.76 Å². The maximum absolute atomic E-state index is 11.6. The normalized spacial score (nSPS) is 9.64. The summed E-state index contributed by atoms with van der Waals surface area (Å²) in [6.45, 7) is 1.80. The summed E-state index contributed by atoms with van der Waals surface area (Å²) in [7, 11) is 3.25. The molecule has 10 heteroatoms. The van der Waals surface area contributed by atoms with Crippen LogP contribution in [-0.4, -0.2) is 55.4 Å². The van der Waals surface area contributed by atoms with Crippen LogP contribution < -0.4 is 20.1 Å². The number of methoxy groups -OCH3 is 2. The van der Waals surface area contributed by atoms with Gasteiger partial charge in [0.2, 0.25) is 0 Å². The van der Waals surface area contributed by atoms with Gasteiger partial charge in [0.05, 0.1) is 20.5 Å². The minimum absolute atomic E-state index is 0.214. The van der Waals surface area contributed by atoms with Crippen LogP contribution in [0.25, 0.3) is 0 Å². The third kappa shape index (κ3) is 7.79. The molecule has 4 N–H and O–H groups in total. The average molecular weight is 394 g/mol. The Labute approximate surface area is 161 Å². The second-order valence-electron chi connectivity index (χ2n) is 5.20. The number of ether oxygens (including phenoxy) is 2. The van der Waals surface area contributed by atoms with Crippen molar-refractivity contribution in [2.45, 2.75) is 6.54 Å². The van der Waals surface area contributed by atoms with Crippen LogP contribution >= 0.6 is 0 Å². The lowest BCUT2D eigenvalue weighted by Gasteiger charge is -2.11. The molecule has 0 saturated heterocycles. The van der Waals surface area contributed by atoms with Crippen LogP contribution in [0.4, 0.5) is 0 Å². The number of rotatable bonds is 8. The van der Waals surface area contributed by atoms with Crippen molar-refractivity contribution >= 4 is 17.8 Å². The van der Waals surface area contributed by atoms with Gasteiger partial charge in [0, 0.05) is 31.3 Å². The summed E-state index contributed by atoms with van der Waals surface area (Å²) < 4.78 is 15.5. The topological polar surface area (TPSA) is 147 Å². The number of carbonyl (C=O) groups excluding carboxylic acids is 1. The Balaban J connectivity index is 0.000000568. The van der Waals surface area contributed by atoms with E-state index in [9.17, 15) is 4.79 Å². The number of hydrogen-bond donors (Lipinski definition) is 4. The van der Waals surface area contributed by atoms with Crippen LogP contribution in [0, 0.1) is 0 Å². The molecule has 1 aromatic carbocycles. The van der Waals surface area contributed by atoms with E-state index < -0.39 is 11.9 Å². The maximum Gasteiger partial charge on any atom is 0.414 e. The molecule has 28 heavy (non-hydrogen) atoms. The second kappa shape index (κ2) is 12.0. The third-order valence-corrected chi connectivity index (χ3v) is 3.32. The van der Waals surface area contributed by atoms with Gasteiger partial charge in [-0.2, -0.15) is 0 Å². The van der Waals surface area contributed by atoms with Crippen LogP contribution in [0.15, 0.2) is 41.0 Å². The zero-order chi connectivity index (χ0) is 20.9. The highest BCUT2D eigenvalue weighted by Crippen LogP contribution is 2.24. The quantitative estimate of drug-likeness (QED) is 0.380. The second-order valence-corrected chi connectivity index (χ2v) is 5.20. The number of carbonyl (C=O) groups is 3. The lowest BCUT2D eigenvalue weighted by atomic mass is 10.2. The van der Waals surface area contributed by atoms with Crippen molar-refractivity contribution in [2.75, 3.05) is 27.3 Å². The van der Waals surface area contributed by atoms with E-state index in [4.69, 9.17) is 33.7 Å². The van der Waals surface area contributed by atoms with E-state index >= 15 is 0 Å². The molecule has 1 amide bonds. The summed E-state index contributed by atoms with van der Waals surface area (Å²) in [4.78, 5) is 29.8. The Bertz CT molecular complexity index is 762. The van der Waals surface area contributed by atoms with Gasteiger partial charge < -0.3 is 34.7 Å². The predicted octanol–water partition coefficient (Wildman–Crippen LogP) is 0.972. The van der Waals surface area contributed by atoms with Crippen molar-refractivity contribution in [3.63, 3.8) is 0 Å². The van der Waals surface area contributed by atoms with Crippen LogP contribution in [0.5, 0.6) is 11.5 Å². The first kappa shape index (κ1) is 22.5. The fourth-order valence-electron chi connectivity index (χ4n) is 1.98. The molecule has 0 aliphatic rings. The highest BCUT2D eigenvalue weighted by atomic mass is 16.5. The predicted molar refractivity (Wildman–Crippen MR) is 97.6 cm³/mol. The van der Waals surface area contributed by atoms with E-state index in [-0.39, 0.29) is 5.91 Å². The average Bonchev–Trinajstić information content (AvgIpc) is 3.23. The van der Waals surface area contributed by atoms with Gasteiger partial charge in [-0.25, -0.2) is 9.59 Å². The zero-order valence-corrected chi connectivity index (χ0v) is 15.4. The Morgan fingerprint density at radius 1 is 1.04 bits per heavy atom. The SMILES string of the molecule is COc1ccc(CNCCNC(=O)c2ccco2)c(OC)c1.O=C(O)C(=O)O. The molecule has 0 radical (unpaired) electrons. The van der Waals surface area contributed by atoms with Gasteiger partial charge in [-0.05, 0) is 18.2 Å². The van der Waals surface area contributed by atoms with Crippen LogP contribution in [0.3, 0.4) is 0 Å². The Morgan fingerprint density at radius 3 is 2.29 bits per heavy atom. The molecule has 2 aromatic rings. The standard InChI is InChI=1S/C16H20N2O4.C2H2O4/c1-20-13-6-5-12(15(10-13)21-2)11-17-7-8-18-16(19)14-4-3-9-22-14;3-1(4)2(5)6/h3-6,9-10,17H,7-8,11H2,1-2H3,(H,18,19);(H,3,4)(H,5,6). The summed E-state index contributed by atoms with van der Waals surface area (Å²) in [6, 6.07) is 8.99. The highest BCUT2D eigenvalue weighted by Gasteiger charge is 2.07. The van der Waals surface area contributed by atoms with E-state index in [1.807, 2.05) is 18.2 Å². The molecule has 0 unspecified atom stereocenters.